The molecule has 51 heavy (non-hydrogen) atoms. The Balaban J connectivity index is 0.000000908. The molecule has 7 N–H and O–H groups in total. The number of aliphatic carboxylic acids is 2. The van der Waals surface area contributed by atoms with E-state index >= 15 is 0 Å². The number of hydrogen-bond acceptors (Lipinski definition) is 17. The standard InChI is InChI=1S/C25H29N7O10S2.C2HF3O2/c1-25(2)16(22(34)32(25)42-44(37,38)39)10-18(33)20(17-12-43-24(27)30-17)31-41-19(23(35)36)11-40-14-3-4-15-13(9-14)5-7-28-21(15)29-8-6-26;3-2(4,5)1(6)7/h3-5,7,9,12,16,19H,6,8,10-11,26H2,1-2H3,(H2,27,30)(H,28,29)(H,35,36)(H,37,38,39);(H,6,7)/p-1/b31-20-;/t16?,19-;/m0./s1. The second-order valence-electron chi connectivity index (χ2n) is 10.8. The fourth-order valence-electron chi connectivity index (χ4n) is 4.30. The highest BCUT2D eigenvalue weighted by molar-refractivity contribution is 7.80. The van der Waals surface area contributed by atoms with Crippen molar-refractivity contribution in [3.8, 4) is 5.75 Å². The van der Waals surface area contributed by atoms with Gasteiger partial charge in [0.05, 0.1) is 11.5 Å². The number of carboxylic acid groups (broad SMARTS) is 2. The maximum atomic E-state index is 13.3. The van der Waals surface area contributed by atoms with E-state index in [4.69, 9.17) is 35.5 Å². The number of carboxylic acids is 2. The van der Waals surface area contributed by atoms with Gasteiger partial charge in [0.25, 0.3) is 12.0 Å². The number of nitrogen functional groups attached to an aromatic ring is 1. The minimum atomic E-state index is -5.19. The van der Waals surface area contributed by atoms with Crippen molar-refractivity contribution in [2.45, 2.75) is 38.1 Å². The van der Waals surface area contributed by atoms with Crippen LogP contribution in [0, 0.1) is 5.92 Å². The lowest BCUT2D eigenvalue weighted by Crippen LogP contribution is -2.68. The van der Waals surface area contributed by atoms with E-state index < -0.39 is 76.5 Å². The predicted molar refractivity (Wildman–Crippen MR) is 168 cm³/mol. The summed E-state index contributed by atoms with van der Waals surface area (Å²) in [7, 11) is -4.99. The summed E-state index contributed by atoms with van der Waals surface area (Å²) in [5, 5.41) is 28.9. The third-order valence-corrected chi connectivity index (χ3v) is 7.82. The van der Waals surface area contributed by atoms with Crippen LogP contribution in [-0.2, 0) is 38.7 Å². The van der Waals surface area contributed by atoms with Gasteiger partial charge in [-0.05, 0) is 43.5 Å². The van der Waals surface area contributed by atoms with Crippen LogP contribution in [0.5, 0.6) is 5.75 Å². The third kappa shape index (κ3) is 10.7. The van der Waals surface area contributed by atoms with Crippen LogP contribution >= 0.6 is 11.3 Å². The van der Waals surface area contributed by atoms with Gasteiger partial charge in [0, 0.05) is 36.5 Å². The van der Waals surface area contributed by atoms with Crippen molar-refractivity contribution in [2.24, 2.45) is 16.8 Å². The molecule has 3 aromatic rings. The largest absolute Gasteiger partial charge is 0.542 e. The first-order valence-electron chi connectivity index (χ1n) is 14.1. The molecule has 2 aromatic heterocycles. The van der Waals surface area contributed by atoms with Gasteiger partial charge < -0.3 is 41.4 Å². The van der Waals surface area contributed by atoms with Gasteiger partial charge in [-0.25, -0.2) is 14.8 Å². The summed E-state index contributed by atoms with van der Waals surface area (Å²) in [5.41, 5.74) is 9.49. The average molecular weight is 765 g/mol. The maximum absolute atomic E-state index is 13.3. The van der Waals surface area contributed by atoms with Crippen LogP contribution < -0.4 is 26.6 Å². The summed E-state index contributed by atoms with van der Waals surface area (Å²) in [6, 6.07) is 6.82. The first-order chi connectivity index (χ1) is 23.6. The number of amides is 1. The van der Waals surface area contributed by atoms with Gasteiger partial charge in [-0.2, -0.15) is 26.7 Å². The number of nitrogens with one attached hydrogen (secondary N) is 1. The molecule has 0 radical (unpaired) electrons. The summed E-state index contributed by atoms with van der Waals surface area (Å²) in [6.07, 6.45) is -5.76. The number of carbonyl (C=O) groups excluding carboxylic acids is 3. The van der Waals surface area contributed by atoms with E-state index in [0.717, 1.165) is 22.1 Å². The second kappa shape index (κ2) is 16.2. The molecule has 1 aliphatic heterocycles. The summed E-state index contributed by atoms with van der Waals surface area (Å²) < 4.78 is 72.6. The van der Waals surface area contributed by atoms with E-state index in [1.165, 1.54) is 19.2 Å². The van der Waals surface area contributed by atoms with Crippen LogP contribution in [0.2, 0.25) is 0 Å². The fourth-order valence-corrected chi connectivity index (χ4v) is 5.30. The van der Waals surface area contributed by atoms with Gasteiger partial charge in [0.15, 0.2) is 16.6 Å². The number of thiazole rings is 1. The second-order valence-corrected chi connectivity index (χ2v) is 12.7. The molecule has 0 bridgehead atoms. The highest BCUT2D eigenvalue weighted by atomic mass is 32.3. The summed E-state index contributed by atoms with van der Waals surface area (Å²) in [5.74, 6) is -6.22. The SMILES string of the molecule is CC1(C)C(CC(=O)/C(=N\O[C@@H](COc2ccc3c(NCCN)nccc3c2)C(=O)O)c2csc(N)n2)C(=O)N1OS(=O)(=O)O.O=C([O-])C(F)(F)F. The number of oxime groups is 1. The van der Waals surface area contributed by atoms with Crippen molar-refractivity contribution >= 4 is 72.8 Å². The number of hydrogen-bond donors (Lipinski definition) is 5. The van der Waals surface area contributed by atoms with E-state index in [1.54, 1.807) is 30.5 Å². The molecule has 0 spiro atoms. The quantitative estimate of drug-likeness (QED) is 0.0594. The predicted octanol–water partition coefficient (Wildman–Crippen LogP) is 0.126. The Morgan fingerprint density at radius 3 is 2.45 bits per heavy atom. The van der Waals surface area contributed by atoms with Crippen molar-refractivity contribution in [2.75, 3.05) is 30.7 Å². The number of benzene rings is 1. The number of pyridine rings is 1. The molecule has 3 heterocycles. The van der Waals surface area contributed by atoms with Crippen LogP contribution in [-0.4, -0.2) is 100.0 Å². The number of ether oxygens (including phenoxy) is 1. The normalized spacial score (nSPS) is 16.4. The molecule has 1 unspecified atom stereocenters. The van der Waals surface area contributed by atoms with Crippen LogP contribution in [0.15, 0.2) is 41.0 Å². The molecule has 1 fully saturated rings. The molecular weight excluding hydrogens is 735 g/mol. The van der Waals surface area contributed by atoms with Crippen molar-refractivity contribution in [3.63, 3.8) is 0 Å². The van der Waals surface area contributed by atoms with Crippen LogP contribution in [0.1, 0.15) is 26.0 Å². The number of ketones is 1. The number of nitrogens with two attached hydrogens (primary N) is 2. The Morgan fingerprint density at radius 2 is 1.92 bits per heavy atom. The Bertz CT molecular complexity index is 1920. The van der Waals surface area contributed by atoms with Gasteiger partial charge in [-0.15, -0.1) is 15.6 Å². The van der Waals surface area contributed by atoms with Gasteiger partial charge in [0.1, 0.15) is 29.8 Å². The highest BCUT2D eigenvalue weighted by Crippen LogP contribution is 2.40. The van der Waals surface area contributed by atoms with E-state index in [-0.39, 0.29) is 10.8 Å². The Hall–Kier alpha value is -5.17. The molecule has 1 saturated heterocycles. The molecule has 0 saturated carbocycles. The van der Waals surface area contributed by atoms with E-state index in [9.17, 15) is 41.1 Å². The van der Waals surface area contributed by atoms with Crippen LogP contribution in [0.3, 0.4) is 0 Å². The number of β-lactam (4-membered cyclic amide) rings is 1. The van der Waals surface area contributed by atoms with Crippen LogP contribution in [0.4, 0.5) is 24.1 Å². The topological polar surface area (TPSA) is 299 Å². The molecule has 1 amide bonds. The zero-order valence-electron chi connectivity index (χ0n) is 26.3. The molecular formula is C27H29F3N7O12S2-. The summed E-state index contributed by atoms with van der Waals surface area (Å²) in [6.45, 7) is 3.29. The monoisotopic (exact) mass is 764 g/mol. The van der Waals surface area contributed by atoms with Gasteiger partial charge >= 0.3 is 22.5 Å². The molecule has 0 aliphatic carbocycles. The highest BCUT2D eigenvalue weighted by Gasteiger charge is 2.57. The van der Waals surface area contributed by atoms with Crippen molar-refractivity contribution in [1.29, 1.82) is 0 Å². The zero-order chi connectivity index (χ0) is 38.3. The molecule has 1 aromatic carbocycles. The number of aromatic nitrogens is 2. The van der Waals surface area contributed by atoms with Gasteiger partial charge in [0.2, 0.25) is 0 Å². The number of anilines is 2. The minimum absolute atomic E-state index is 0.0274. The van der Waals surface area contributed by atoms with Crippen molar-refractivity contribution < 1.29 is 69.4 Å². The molecule has 278 valence electrons. The fraction of sp³-hybridized carbons (Fsp3) is 0.370. The summed E-state index contributed by atoms with van der Waals surface area (Å²) in [4.78, 5) is 60.1. The third-order valence-electron chi connectivity index (χ3n) is 6.81. The molecule has 1 aliphatic rings. The Kier molecular flexibility index (Phi) is 12.8. The molecule has 4 rings (SSSR count). The maximum Gasteiger partial charge on any atom is 0.430 e. The van der Waals surface area contributed by atoms with Gasteiger partial charge in [-0.3, -0.25) is 14.1 Å². The lowest BCUT2D eigenvalue weighted by Gasteiger charge is -2.50. The number of halogens is 3. The first kappa shape index (κ1) is 40.3. The molecule has 24 heteroatoms. The van der Waals surface area contributed by atoms with E-state index in [2.05, 4.69) is 24.7 Å². The number of nitrogens with zero attached hydrogens (tertiary/aromatic N) is 4. The minimum Gasteiger partial charge on any atom is -0.542 e. The van der Waals surface area contributed by atoms with E-state index in [0.29, 0.717) is 29.7 Å². The number of Topliss-reactive ketones (excluding diaryl/α,β-unsaturated/α-hetero) is 1. The molecule has 2 atom stereocenters. The number of hydroxylamine groups is 2. The zero-order valence-corrected chi connectivity index (χ0v) is 28.0. The van der Waals surface area contributed by atoms with Crippen LogP contribution in [0.25, 0.3) is 10.8 Å². The van der Waals surface area contributed by atoms with Crippen molar-refractivity contribution in [3.05, 3.63) is 41.5 Å². The lowest BCUT2D eigenvalue weighted by atomic mass is 9.74. The van der Waals surface area contributed by atoms with Gasteiger partial charge in [-0.1, -0.05) is 5.16 Å². The average Bonchev–Trinajstić information content (AvgIpc) is 3.47. The lowest BCUT2D eigenvalue weighted by molar-refractivity contribution is -0.344. The Labute approximate surface area is 289 Å². The number of carbonyl (C=O) groups is 4. The molecule has 19 nitrogen and oxygen atoms in total. The van der Waals surface area contributed by atoms with E-state index in [1.807, 2.05) is 0 Å². The number of alkyl halides is 3. The Morgan fingerprint density at radius 1 is 1.25 bits per heavy atom. The first-order valence-corrected chi connectivity index (χ1v) is 16.4. The van der Waals surface area contributed by atoms with Crippen molar-refractivity contribution in [1.82, 2.24) is 15.0 Å². The number of rotatable bonds is 15. The summed E-state index contributed by atoms with van der Waals surface area (Å²) >= 11 is 0.982. The number of fused-ring (bicyclic) bond motifs is 1. The smallest absolute Gasteiger partial charge is 0.430 e.